The minimum absolute atomic E-state index is 0.118. The molecule has 0 aliphatic carbocycles. The number of nitrogens with one attached hydrogen (secondary N) is 1. The third kappa shape index (κ3) is 8.24. The third-order valence-corrected chi connectivity index (χ3v) is 15.3. The summed E-state index contributed by atoms with van der Waals surface area (Å²) in [5.74, 6) is 0.749. The van der Waals surface area contributed by atoms with Crippen molar-refractivity contribution in [2.75, 3.05) is 13.2 Å². The first kappa shape index (κ1) is 35.4. The van der Waals surface area contributed by atoms with E-state index in [9.17, 15) is 4.55 Å². The monoisotopic (exact) mass is 673 g/mol. The number of rotatable bonds is 11. The van der Waals surface area contributed by atoms with Crippen LogP contribution in [-0.4, -0.2) is 50.6 Å². The number of aromatic nitrogens is 4. The summed E-state index contributed by atoms with van der Waals surface area (Å²) in [6.07, 6.45) is 6.73. The van der Waals surface area contributed by atoms with E-state index in [4.69, 9.17) is 24.2 Å². The molecule has 8 nitrogen and oxygen atoms in total. The van der Waals surface area contributed by atoms with Gasteiger partial charge < -0.3 is 13.7 Å². The van der Waals surface area contributed by atoms with Crippen LogP contribution in [0, 0.1) is 0 Å². The molecule has 0 bridgehead atoms. The van der Waals surface area contributed by atoms with Gasteiger partial charge in [-0.25, -0.2) is 9.67 Å². The largest absolute Gasteiger partial charge is 0.598 e. The Balaban J connectivity index is 1.57. The number of fused-ring (bicyclic) bond motifs is 1. The molecule has 1 aliphatic heterocycles. The molecular weight excluding hydrogens is 623 g/mol. The Kier molecular flexibility index (Phi) is 10.8. The second kappa shape index (κ2) is 14.3. The van der Waals surface area contributed by atoms with Crippen molar-refractivity contribution in [3.8, 4) is 17.1 Å². The van der Waals surface area contributed by atoms with E-state index < -0.39 is 19.7 Å². The quantitative estimate of drug-likeness (QED) is 0.126. The molecule has 0 radical (unpaired) electrons. The van der Waals surface area contributed by atoms with Crippen molar-refractivity contribution in [3.63, 3.8) is 0 Å². The summed E-state index contributed by atoms with van der Waals surface area (Å²) in [5.41, 5.74) is 6.97. The predicted octanol–water partition coefficient (Wildman–Crippen LogP) is 8.70. The molecule has 0 spiro atoms. The molecule has 252 valence electrons. The smallest absolute Gasteiger partial charge is 0.192 e. The number of pyridine rings is 2. The van der Waals surface area contributed by atoms with Gasteiger partial charge in [0.25, 0.3) is 0 Å². The number of hydrogen-bond acceptors (Lipinski definition) is 7. The lowest BCUT2D eigenvalue weighted by molar-refractivity contribution is 0.161. The normalized spacial score (nSPS) is 15.9. The topological polar surface area (TPSA) is 97.1 Å². The Hall–Kier alpha value is -2.86. The highest BCUT2D eigenvalue weighted by Crippen LogP contribution is 2.38. The minimum atomic E-state index is -1.93. The van der Waals surface area contributed by atoms with Crippen LogP contribution in [0.3, 0.4) is 0 Å². The molecule has 5 rings (SSSR count). The van der Waals surface area contributed by atoms with Gasteiger partial charge in [-0.05, 0) is 99.3 Å². The van der Waals surface area contributed by atoms with E-state index >= 15 is 0 Å². The summed E-state index contributed by atoms with van der Waals surface area (Å²) in [7, 11) is -1.93. The molecule has 1 aliphatic rings. The van der Waals surface area contributed by atoms with E-state index in [-0.39, 0.29) is 15.8 Å². The second-order valence-corrected chi connectivity index (χ2v) is 21.7. The highest BCUT2D eigenvalue weighted by atomic mass is 32.2. The first-order chi connectivity index (χ1) is 22.2. The van der Waals surface area contributed by atoms with E-state index in [1.165, 1.54) is 5.57 Å². The lowest BCUT2D eigenvalue weighted by Crippen LogP contribution is -2.41. The maximum Gasteiger partial charge on any atom is 0.192 e. The minimum Gasteiger partial charge on any atom is -0.598 e. The summed E-state index contributed by atoms with van der Waals surface area (Å²) < 4.78 is 30.2. The Morgan fingerprint density at radius 1 is 1.06 bits per heavy atom. The third-order valence-electron chi connectivity index (χ3n) is 9.20. The van der Waals surface area contributed by atoms with Crippen LogP contribution < -0.4 is 4.72 Å². The molecule has 2 atom stereocenters. The fourth-order valence-corrected chi connectivity index (χ4v) is 7.09. The number of benzene rings is 1. The van der Waals surface area contributed by atoms with Crippen LogP contribution in [0.25, 0.3) is 33.6 Å². The van der Waals surface area contributed by atoms with Crippen molar-refractivity contribution in [2.45, 2.75) is 103 Å². The number of nitrogens with zero attached hydrogens (tertiary/aromatic N) is 4. The van der Waals surface area contributed by atoms with E-state index in [0.717, 1.165) is 64.2 Å². The molecule has 0 saturated heterocycles. The van der Waals surface area contributed by atoms with Gasteiger partial charge in [-0.3, -0.25) is 4.98 Å². The summed E-state index contributed by atoms with van der Waals surface area (Å²) in [6, 6.07) is 16.4. The average Bonchev–Trinajstić information content (AvgIpc) is 3.47. The first-order valence-corrected chi connectivity index (χ1v) is 20.8. The highest BCUT2D eigenvalue weighted by molar-refractivity contribution is 7.90. The van der Waals surface area contributed by atoms with Crippen LogP contribution in [0.5, 0.6) is 0 Å². The standard InChI is InChI=1S/C37H51N5O3SSi/c1-10-13-33(41-46(43)36(2,3)4)32-16-12-15-31(40-32)27-22-29(26-18-20-44-21-19-26)30-24-38-42(34(30)23-27)35-17-11-14-28(39-35)25-45-47(8,9)37(5,6)7/h11-12,14-18,22-24,33,41H,10,13,19-21,25H2,1-9H3/t33-,46-/m0/s1. The summed E-state index contributed by atoms with van der Waals surface area (Å²) in [6.45, 7) is 21.1. The molecule has 0 unspecified atom stereocenters. The van der Waals surface area contributed by atoms with Gasteiger partial charge in [0.2, 0.25) is 0 Å². The van der Waals surface area contributed by atoms with Gasteiger partial charge in [0.15, 0.2) is 14.1 Å². The number of hydrogen-bond donors (Lipinski definition) is 1. The lowest BCUT2D eigenvalue weighted by Gasteiger charge is -2.36. The van der Waals surface area contributed by atoms with Crippen LogP contribution in [0.1, 0.15) is 90.7 Å². The summed E-state index contributed by atoms with van der Waals surface area (Å²) in [4.78, 5) is 10.2. The molecule has 4 heterocycles. The lowest BCUT2D eigenvalue weighted by atomic mass is 9.95. The SMILES string of the molecule is CCC[C@H](N[S@@+]([O-])C(C)(C)C)c1cccc(-c2cc(C3=CCOCC3)c3cnn(-c4cccc(CO[Si](C)(C)C(C)(C)C)n4)c3c2)n1. The molecule has 47 heavy (non-hydrogen) atoms. The fourth-order valence-electron chi connectivity index (χ4n) is 5.30. The van der Waals surface area contributed by atoms with Gasteiger partial charge in [0.05, 0.1) is 54.7 Å². The zero-order chi connectivity index (χ0) is 34.0. The molecule has 1 aromatic carbocycles. The van der Waals surface area contributed by atoms with Crippen molar-refractivity contribution in [3.05, 3.63) is 77.8 Å². The van der Waals surface area contributed by atoms with E-state index in [0.29, 0.717) is 19.8 Å². The molecule has 3 aromatic heterocycles. The van der Waals surface area contributed by atoms with Gasteiger partial charge >= 0.3 is 0 Å². The number of ether oxygens (including phenoxy) is 1. The van der Waals surface area contributed by atoms with Crippen LogP contribution >= 0.6 is 0 Å². The van der Waals surface area contributed by atoms with Crippen LogP contribution in [-0.2, 0) is 27.1 Å². The van der Waals surface area contributed by atoms with Crippen LogP contribution in [0.4, 0.5) is 0 Å². The van der Waals surface area contributed by atoms with Crippen LogP contribution in [0.2, 0.25) is 18.1 Å². The van der Waals surface area contributed by atoms with Gasteiger partial charge in [0.1, 0.15) is 4.75 Å². The molecule has 0 saturated carbocycles. The van der Waals surface area contributed by atoms with Crippen molar-refractivity contribution in [2.24, 2.45) is 0 Å². The van der Waals surface area contributed by atoms with Crippen molar-refractivity contribution >= 4 is 36.2 Å². The maximum absolute atomic E-state index is 13.1. The highest BCUT2D eigenvalue weighted by Gasteiger charge is 2.37. The van der Waals surface area contributed by atoms with Crippen molar-refractivity contribution < 1.29 is 13.7 Å². The second-order valence-electron chi connectivity index (χ2n) is 14.9. The average molecular weight is 674 g/mol. The van der Waals surface area contributed by atoms with Gasteiger partial charge in [-0.2, -0.15) is 5.10 Å². The Morgan fingerprint density at radius 3 is 2.51 bits per heavy atom. The van der Waals surface area contributed by atoms with E-state index in [1.54, 1.807) is 0 Å². The van der Waals surface area contributed by atoms with Gasteiger partial charge in [0, 0.05) is 22.3 Å². The Labute approximate surface area is 284 Å². The van der Waals surface area contributed by atoms with Gasteiger partial charge in [-0.15, -0.1) is 4.72 Å². The zero-order valence-corrected chi connectivity index (χ0v) is 31.3. The van der Waals surface area contributed by atoms with Crippen molar-refractivity contribution in [1.82, 2.24) is 24.5 Å². The van der Waals surface area contributed by atoms with E-state index in [1.807, 2.05) is 68.0 Å². The fraction of sp³-hybridized carbons (Fsp3) is 0.486. The molecule has 0 amide bonds. The molecule has 0 fully saturated rings. The molecule has 1 N–H and O–H groups in total. The Bertz CT molecular complexity index is 1720. The molecular formula is C37H51N5O3SSi. The van der Waals surface area contributed by atoms with Gasteiger partial charge in [-0.1, -0.05) is 52.3 Å². The summed E-state index contributed by atoms with van der Waals surface area (Å²) >= 11 is -1.21. The maximum atomic E-state index is 13.1. The predicted molar refractivity (Wildman–Crippen MR) is 196 cm³/mol. The summed E-state index contributed by atoms with van der Waals surface area (Å²) in [5, 5.41) is 6.06. The first-order valence-electron chi connectivity index (χ1n) is 16.7. The van der Waals surface area contributed by atoms with Crippen LogP contribution in [0.15, 0.2) is 60.8 Å². The molecule has 4 aromatic rings. The zero-order valence-electron chi connectivity index (χ0n) is 29.5. The Morgan fingerprint density at radius 2 is 1.83 bits per heavy atom. The van der Waals surface area contributed by atoms with E-state index in [2.05, 4.69) is 63.7 Å². The molecule has 10 heteroatoms. The van der Waals surface area contributed by atoms with Crippen molar-refractivity contribution in [1.29, 1.82) is 0 Å².